The van der Waals surface area contributed by atoms with Crippen LogP contribution in [-0.2, 0) is 10.2 Å². The Labute approximate surface area is 93.2 Å². The Kier molecular flexibility index (Phi) is 2.79. The van der Waals surface area contributed by atoms with E-state index in [-0.39, 0.29) is 17.5 Å². The van der Waals surface area contributed by atoms with Crippen molar-refractivity contribution < 1.29 is 9.18 Å². The summed E-state index contributed by atoms with van der Waals surface area (Å²) in [5.74, 6) is 0.0785. The number of hydrogen-bond acceptors (Lipinski definition) is 1. The molecule has 0 N–H and O–H groups in total. The highest BCUT2D eigenvalue weighted by Gasteiger charge is 2.42. The van der Waals surface area contributed by atoms with Crippen LogP contribution in [0.1, 0.15) is 24.8 Å². The average molecular weight is 227 g/mol. The molecule has 1 aromatic carbocycles. The largest absolute Gasteiger partial charge is 0.299 e. The van der Waals surface area contributed by atoms with E-state index in [1.165, 1.54) is 12.1 Å². The molecule has 0 aromatic heterocycles. The van der Waals surface area contributed by atoms with Crippen molar-refractivity contribution in [3.05, 3.63) is 35.6 Å². The molecule has 0 radical (unpaired) electrons. The van der Waals surface area contributed by atoms with Crippen molar-refractivity contribution in [1.82, 2.24) is 0 Å². The van der Waals surface area contributed by atoms with Crippen LogP contribution in [-0.4, -0.2) is 11.7 Å². The number of alkyl halides is 1. The second-order valence-electron chi connectivity index (χ2n) is 4.00. The summed E-state index contributed by atoms with van der Waals surface area (Å²) in [4.78, 5) is 11.8. The van der Waals surface area contributed by atoms with Gasteiger partial charge in [0.15, 0.2) is 0 Å². The van der Waals surface area contributed by atoms with Gasteiger partial charge in [-0.15, -0.1) is 11.6 Å². The number of Topliss-reactive ketones (excluding diaryl/α,β-unsaturated/α-hetero) is 1. The second-order valence-corrected chi connectivity index (χ2v) is 4.27. The first-order valence-corrected chi connectivity index (χ1v) is 5.58. The molecule has 1 saturated carbocycles. The van der Waals surface area contributed by atoms with Gasteiger partial charge in [-0.25, -0.2) is 4.39 Å². The molecule has 1 aromatic rings. The van der Waals surface area contributed by atoms with Gasteiger partial charge in [-0.1, -0.05) is 12.1 Å². The van der Waals surface area contributed by atoms with Gasteiger partial charge >= 0.3 is 0 Å². The standard InChI is InChI=1S/C12H12ClFO/c13-8-12(6-2-5-11(12)15)9-3-1-4-10(14)7-9/h1,3-4,7H,2,5-6,8H2/t12-/m0/s1. The average Bonchev–Trinajstić information content (AvgIpc) is 2.61. The van der Waals surface area contributed by atoms with Crippen LogP contribution in [0.5, 0.6) is 0 Å². The lowest BCUT2D eigenvalue weighted by Gasteiger charge is -2.25. The van der Waals surface area contributed by atoms with Crippen LogP contribution in [0.4, 0.5) is 4.39 Å². The van der Waals surface area contributed by atoms with Crippen LogP contribution >= 0.6 is 11.6 Å². The molecule has 1 aliphatic carbocycles. The Bertz CT molecular complexity index is 391. The first kappa shape index (κ1) is 10.6. The molecule has 1 fully saturated rings. The molecule has 0 spiro atoms. The van der Waals surface area contributed by atoms with Gasteiger partial charge in [0.25, 0.3) is 0 Å². The van der Waals surface area contributed by atoms with E-state index < -0.39 is 5.41 Å². The maximum atomic E-state index is 13.1. The van der Waals surface area contributed by atoms with Gasteiger partial charge in [-0.3, -0.25) is 4.79 Å². The van der Waals surface area contributed by atoms with Crippen LogP contribution in [0.25, 0.3) is 0 Å². The molecule has 1 atom stereocenters. The number of benzene rings is 1. The summed E-state index contributed by atoms with van der Waals surface area (Å²) in [5.41, 5.74) is 0.0870. The molecule has 1 nitrogen and oxygen atoms in total. The monoisotopic (exact) mass is 226 g/mol. The van der Waals surface area contributed by atoms with Crippen LogP contribution in [0.15, 0.2) is 24.3 Å². The van der Waals surface area contributed by atoms with E-state index in [9.17, 15) is 9.18 Å². The number of carbonyl (C=O) groups is 1. The highest BCUT2D eigenvalue weighted by Crippen LogP contribution is 2.39. The van der Waals surface area contributed by atoms with Crippen molar-refractivity contribution in [2.75, 3.05) is 5.88 Å². The Balaban J connectivity index is 2.46. The lowest BCUT2D eigenvalue weighted by Crippen LogP contribution is -2.32. The minimum atomic E-state index is -0.635. The summed E-state index contributed by atoms with van der Waals surface area (Å²) in [6, 6.07) is 6.22. The third-order valence-corrected chi connectivity index (χ3v) is 3.60. The first-order chi connectivity index (χ1) is 7.19. The van der Waals surface area contributed by atoms with E-state index in [0.717, 1.165) is 18.4 Å². The first-order valence-electron chi connectivity index (χ1n) is 5.04. The Morgan fingerprint density at radius 2 is 2.27 bits per heavy atom. The predicted molar refractivity (Wildman–Crippen MR) is 57.7 cm³/mol. The predicted octanol–water partition coefficient (Wildman–Crippen LogP) is 3.06. The van der Waals surface area contributed by atoms with Gasteiger partial charge < -0.3 is 0 Å². The fourth-order valence-corrected chi connectivity index (χ4v) is 2.68. The van der Waals surface area contributed by atoms with E-state index in [0.29, 0.717) is 6.42 Å². The highest BCUT2D eigenvalue weighted by atomic mass is 35.5. The molecule has 0 saturated heterocycles. The van der Waals surface area contributed by atoms with Gasteiger partial charge in [0.05, 0.1) is 5.41 Å². The minimum absolute atomic E-state index is 0.142. The van der Waals surface area contributed by atoms with E-state index >= 15 is 0 Å². The smallest absolute Gasteiger partial charge is 0.144 e. The van der Waals surface area contributed by atoms with Gasteiger partial charge in [0.1, 0.15) is 11.6 Å². The Morgan fingerprint density at radius 3 is 2.80 bits per heavy atom. The molecular weight excluding hydrogens is 215 g/mol. The Morgan fingerprint density at radius 1 is 1.47 bits per heavy atom. The van der Waals surface area contributed by atoms with E-state index in [4.69, 9.17) is 11.6 Å². The van der Waals surface area contributed by atoms with Gasteiger partial charge in [0.2, 0.25) is 0 Å². The normalized spacial score (nSPS) is 25.9. The zero-order valence-electron chi connectivity index (χ0n) is 8.30. The fraction of sp³-hybridized carbons (Fsp3) is 0.417. The van der Waals surface area contributed by atoms with Crippen molar-refractivity contribution in [3.8, 4) is 0 Å². The fourth-order valence-electron chi connectivity index (χ4n) is 2.24. The summed E-state index contributed by atoms with van der Waals surface area (Å²) < 4.78 is 13.1. The maximum Gasteiger partial charge on any atom is 0.144 e. The second kappa shape index (κ2) is 3.93. The van der Waals surface area contributed by atoms with E-state index in [1.807, 2.05) is 0 Å². The number of carbonyl (C=O) groups excluding carboxylic acids is 1. The summed E-state index contributed by atoms with van der Waals surface area (Å²) in [5, 5.41) is 0. The third-order valence-electron chi connectivity index (χ3n) is 3.15. The van der Waals surface area contributed by atoms with Crippen LogP contribution in [0.3, 0.4) is 0 Å². The topological polar surface area (TPSA) is 17.1 Å². The molecular formula is C12H12ClFO. The molecule has 0 amide bonds. The lowest BCUT2D eigenvalue weighted by atomic mass is 9.80. The lowest BCUT2D eigenvalue weighted by molar-refractivity contribution is -0.121. The molecule has 0 unspecified atom stereocenters. The van der Waals surface area contributed by atoms with Gasteiger partial charge in [0, 0.05) is 12.3 Å². The zero-order valence-corrected chi connectivity index (χ0v) is 9.06. The molecule has 3 heteroatoms. The van der Waals surface area contributed by atoms with Crippen molar-refractivity contribution in [1.29, 1.82) is 0 Å². The van der Waals surface area contributed by atoms with Crippen LogP contribution in [0, 0.1) is 5.82 Å². The number of halogens is 2. The van der Waals surface area contributed by atoms with Crippen LogP contribution < -0.4 is 0 Å². The van der Waals surface area contributed by atoms with E-state index in [2.05, 4.69) is 0 Å². The molecule has 0 bridgehead atoms. The molecule has 1 aliphatic rings. The number of rotatable bonds is 2. The number of hydrogen-bond donors (Lipinski definition) is 0. The van der Waals surface area contributed by atoms with Crippen molar-refractivity contribution in [2.45, 2.75) is 24.7 Å². The summed E-state index contributed by atoms with van der Waals surface area (Å²) in [7, 11) is 0. The molecule has 2 rings (SSSR count). The molecule has 15 heavy (non-hydrogen) atoms. The zero-order chi connectivity index (χ0) is 10.9. The van der Waals surface area contributed by atoms with Gasteiger partial charge in [-0.2, -0.15) is 0 Å². The molecule has 0 aliphatic heterocycles. The van der Waals surface area contributed by atoms with Crippen molar-refractivity contribution in [3.63, 3.8) is 0 Å². The van der Waals surface area contributed by atoms with Crippen molar-refractivity contribution >= 4 is 17.4 Å². The summed E-state index contributed by atoms with van der Waals surface area (Å²) in [6.45, 7) is 0. The molecule has 0 heterocycles. The minimum Gasteiger partial charge on any atom is -0.299 e. The summed E-state index contributed by atoms with van der Waals surface area (Å²) >= 11 is 5.90. The third kappa shape index (κ3) is 1.67. The van der Waals surface area contributed by atoms with Crippen molar-refractivity contribution in [2.24, 2.45) is 0 Å². The Hall–Kier alpha value is -0.890. The van der Waals surface area contributed by atoms with Crippen LogP contribution in [0.2, 0.25) is 0 Å². The summed E-state index contributed by atoms with van der Waals surface area (Å²) in [6.07, 6.45) is 2.14. The quantitative estimate of drug-likeness (QED) is 0.709. The SMILES string of the molecule is O=C1CCC[C@]1(CCl)c1cccc(F)c1. The van der Waals surface area contributed by atoms with E-state index in [1.54, 1.807) is 12.1 Å². The van der Waals surface area contributed by atoms with Gasteiger partial charge in [-0.05, 0) is 30.5 Å². The maximum absolute atomic E-state index is 13.1. The highest BCUT2D eigenvalue weighted by molar-refractivity contribution is 6.21. The number of ketones is 1. The molecule has 80 valence electrons.